The second kappa shape index (κ2) is 1.70. The molecule has 2 nitrogen and oxygen atoms in total. The number of hydrogen-bond donors (Lipinski definition) is 1. The van der Waals surface area contributed by atoms with Crippen molar-refractivity contribution in [3.8, 4) is 0 Å². The van der Waals surface area contributed by atoms with Gasteiger partial charge in [0.1, 0.15) is 0 Å². The van der Waals surface area contributed by atoms with Crippen LogP contribution in [0, 0.1) is 5.41 Å². The van der Waals surface area contributed by atoms with Crippen LogP contribution in [-0.4, -0.2) is 24.4 Å². The van der Waals surface area contributed by atoms with Crippen LogP contribution < -0.4 is 0 Å². The zero-order valence-corrected chi connectivity index (χ0v) is 5.47. The molecule has 1 N–H and O–H groups in total. The van der Waals surface area contributed by atoms with Gasteiger partial charge in [0, 0.05) is 5.41 Å². The standard InChI is InChI=1S/C7H12O2/c8-6-2-1-3-7(6)4-9-5-7/h6,8H,1-5H2. The molecule has 1 saturated carbocycles. The fourth-order valence-electron chi connectivity index (χ4n) is 1.82. The first-order valence-electron chi connectivity index (χ1n) is 3.59. The Kier molecular flexibility index (Phi) is 1.08. The van der Waals surface area contributed by atoms with E-state index in [2.05, 4.69) is 0 Å². The summed E-state index contributed by atoms with van der Waals surface area (Å²) in [5.74, 6) is 0. The number of rotatable bonds is 0. The lowest BCUT2D eigenvalue weighted by atomic mass is 9.82. The summed E-state index contributed by atoms with van der Waals surface area (Å²) in [6, 6.07) is 0. The number of aliphatic hydroxyl groups excluding tert-OH is 1. The fraction of sp³-hybridized carbons (Fsp3) is 1.00. The Morgan fingerprint density at radius 2 is 2.22 bits per heavy atom. The lowest BCUT2D eigenvalue weighted by molar-refractivity contribution is -0.156. The molecular formula is C7H12O2. The first kappa shape index (κ1) is 5.69. The van der Waals surface area contributed by atoms with Gasteiger partial charge in [0.25, 0.3) is 0 Å². The Bertz CT molecular complexity index is 118. The van der Waals surface area contributed by atoms with Crippen LogP contribution in [0.25, 0.3) is 0 Å². The quantitative estimate of drug-likeness (QED) is 0.516. The van der Waals surface area contributed by atoms with Gasteiger partial charge in [-0.3, -0.25) is 0 Å². The van der Waals surface area contributed by atoms with Gasteiger partial charge in [0.2, 0.25) is 0 Å². The van der Waals surface area contributed by atoms with Crippen molar-refractivity contribution >= 4 is 0 Å². The third-order valence-electron chi connectivity index (χ3n) is 2.64. The Hall–Kier alpha value is -0.0800. The third kappa shape index (κ3) is 0.634. The highest BCUT2D eigenvalue weighted by atomic mass is 16.5. The van der Waals surface area contributed by atoms with Gasteiger partial charge in [-0.05, 0) is 12.8 Å². The molecule has 1 atom stereocenters. The summed E-state index contributed by atoms with van der Waals surface area (Å²) in [7, 11) is 0. The predicted octanol–water partition coefficient (Wildman–Crippen LogP) is 0.548. The van der Waals surface area contributed by atoms with Crippen LogP contribution in [0.4, 0.5) is 0 Å². The van der Waals surface area contributed by atoms with Crippen LogP contribution in [-0.2, 0) is 4.74 Å². The number of ether oxygens (including phenoxy) is 1. The fourth-order valence-corrected chi connectivity index (χ4v) is 1.82. The van der Waals surface area contributed by atoms with Crippen LogP contribution >= 0.6 is 0 Å². The molecule has 1 heterocycles. The van der Waals surface area contributed by atoms with Crippen molar-refractivity contribution in [2.75, 3.05) is 13.2 Å². The zero-order valence-electron chi connectivity index (χ0n) is 5.47. The molecule has 1 spiro atoms. The molecule has 1 aliphatic carbocycles. The zero-order chi connectivity index (χ0) is 6.32. The highest BCUT2D eigenvalue weighted by Gasteiger charge is 2.47. The minimum Gasteiger partial charge on any atom is -0.392 e. The molecule has 0 aromatic rings. The summed E-state index contributed by atoms with van der Waals surface area (Å²) in [5, 5.41) is 9.42. The first-order valence-corrected chi connectivity index (χ1v) is 3.59. The van der Waals surface area contributed by atoms with Gasteiger partial charge < -0.3 is 9.84 Å². The van der Waals surface area contributed by atoms with Crippen LogP contribution in [0.5, 0.6) is 0 Å². The molecular weight excluding hydrogens is 116 g/mol. The Balaban J connectivity index is 2.09. The molecule has 2 fully saturated rings. The lowest BCUT2D eigenvalue weighted by Gasteiger charge is -2.40. The second-order valence-corrected chi connectivity index (χ2v) is 3.26. The van der Waals surface area contributed by atoms with Gasteiger partial charge in [0.15, 0.2) is 0 Å². The highest BCUT2D eigenvalue weighted by Crippen LogP contribution is 2.43. The number of aliphatic hydroxyl groups is 1. The van der Waals surface area contributed by atoms with E-state index >= 15 is 0 Å². The van der Waals surface area contributed by atoms with Gasteiger partial charge in [-0.2, -0.15) is 0 Å². The second-order valence-electron chi connectivity index (χ2n) is 3.26. The van der Waals surface area contributed by atoms with Gasteiger partial charge in [0.05, 0.1) is 19.3 Å². The van der Waals surface area contributed by atoms with Gasteiger partial charge >= 0.3 is 0 Å². The van der Waals surface area contributed by atoms with E-state index in [1.165, 1.54) is 12.8 Å². The topological polar surface area (TPSA) is 29.5 Å². The van der Waals surface area contributed by atoms with Crippen LogP contribution in [0.2, 0.25) is 0 Å². The summed E-state index contributed by atoms with van der Waals surface area (Å²) in [4.78, 5) is 0. The molecule has 1 saturated heterocycles. The maximum Gasteiger partial charge on any atom is 0.0640 e. The minimum atomic E-state index is -0.0637. The van der Waals surface area contributed by atoms with E-state index in [1.54, 1.807) is 0 Å². The smallest absolute Gasteiger partial charge is 0.0640 e. The van der Waals surface area contributed by atoms with Gasteiger partial charge in [-0.25, -0.2) is 0 Å². The van der Waals surface area contributed by atoms with E-state index in [0.717, 1.165) is 19.6 Å². The summed E-state index contributed by atoms with van der Waals surface area (Å²) in [6.07, 6.45) is 3.29. The van der Waals surface area contributed by atoms with E-state index in [9.17, 15) is 5.11 Å². The average Bonchev–Trinajstić information content (AvgIpc) is 2.07. The lowest BCUT2D eigenvalue weighted by Crippen LogP contribution is -2.47. The predicted molar refractivity (Wildman–Crippen MR) is 33.1 cm³/mol. The van der Waals surface area contributed by atoms with Crippen molar-refractivity contribution in [2.45, 2.75) is 25.4 Å². The Morgan fingerprint density at radius 3 is 2.44 bits per heavy atom. The van der Waals surface area contributed by atoms with Gasteiger partial charge in [-0.1, -0.05) is 6.42 Å². The first-order chi connectivity index (χ1) is 4.33. The molecule has 0 aromatic carbocycles. The Labute approximate surface area is 54.8 Å². The van der Waals surface area contributed by atoms with Gasteiger partial charge in [-0.15, -0.1) is 0 Å². The maximum absolute atomic E-state index is 9.42. The minimum absolute atomic E-state index is 0.0637. The number of hydrogen-bond acceptors (Lipinski definition) is 2. The molecule has 0 radical (unpaired) electrons. The molecule has 0 bridgehead atoms. The summed E-state index contributed by atoms with van der Waals surface area (Å²) in [5.41, 5.74) is 0.208. The van der Waals surface area contributed by atoms with Crippen LogP contribution in [0.15, 0.2) is 0 Å². The monoisotopic (exact) mass is 128 g/mol. The van der Waals surface area contributed by atoms with Crippen molar-refractivity contribution in [1.29, 1.82) is 0 Å². The normalized spacial score (nSPS) is 39.0. The maximum atomic E-state index is 9.42. The molecule has 2 aliphatic rings. The van der Waals surface area contributed by atoms with Crippen molar-refractivity contribution in [3.05, 3.63) is 0 Å². The summed E-state index contributed by atoms with van der Waals surface area (Å²) < 4.78 is 5.07. The van der Waals surface area contributed by atoms with E-state index in [0.29, 0.717) is 0 Å². The van der Waals surface area contributed by atoms with Crippen LogP contribution in [0.1, 0.15) is 19.3 Å². The molecule has 1 unspecified atom stereocenters. The van der Waals surface area contributed by atoms with Crippen molar-refractivity contribution in [3.63, 3.8) is 0 Å². The van der Waals surface area contributed by atoms with Crippen molar-refractivity contribution in [2.24, 2.45) is 5.41 Å². The van der Waals surface area contributed by atoms with Crippen LogP contribution in [0.3, 0.4) is 0 Å². The third-order valence-corrected chi connectivity index (χ3v) is 2.64. The molecule has 1 aliphatic heterocycles. The SMILES string of the molecule is OC1CCCC12COC2. The van der Waals surface area contributed by atoms with E-state index < -0.39 is 0 Å². The molecule has 2 heteroatoms. The highest BCUT2D eigenvalue weighted by molar-refractivity contribution is 4.96. The van der Waals surface area contributed by atoms with Crippen molar-refractivity contribution < 1.29 is 9.84 Å². The molecule has 0 aromatic heterocycles. The Morgan fingerprint density at radius 1 is 1.44 bits per heavy atom. The summed E-state index contributed by atoms with van der Waals surface area (Å²) in [6.45, 7) is 1.60. The molecule has 52 valence electrons. The molecule has 2 rings (SSSR count). The van der Waals surface area contributed by atoms with E-state index in [1.807, 2.05) is 0 Å². The molecule has 0 amide bonds. The molecule has 9 heavy (non-hydrogen) atoms. The largest absolute Gasteiger partial charge is 0.392 e. The average molecular weight is 128 g/mol. The van der Waals surface area contributed by atoms with Crippen molar-refractivity contribution in [1.82, 2.24) is 0 Å². The van der Waals surface area contributed by atoms with E-state index in [4.69, 9.17) is 4.74 Å². The summed E-state index contributed by atoms with van der Waals surface area (Å²) >= 11 is 0. The van der Waals surface area contributed by atoms with E-state index in [-0.39, 0.29) is 11.5 Å².